The lowest BCUT2D eigenvalue weighted by Crippen LogP contribution is -2.30. The van der Waals surface area contributed by atoms with Crippen molar-refractivity contribution in [3.05, 3.63) is 129 Å². The average molecular weight is 679 g/mol. The fourth-order valence-electron chi connectivity index (χ4n) is 3.73. The Labute approximate surface area is 265 Å². The Hall–Kier alpha value is -4.38. The summed E-state index contributed by atoms with van der Waals surface area (Å²) in [5.41, 5.74) is 1.89. The second-order valence-corrected chi connectivity index (χ2v) is 11.9. The highest BCUT2D eigenvalue weighted by Crippen LogP contribution is 2.28. The predicted octanol–water partition coefficient (Wildman–Crippen LogP) is 7.33. The minimum absolute atomic E-state index is 0.00659. The number of carbonyl (C=O) groups excluding carboxylic acids is 3. The van der Waals surface area contributed by atoms with E-state index in [-0.39, 0.29) is 27.9 Å². The molecule has 43 heavy (non-hydrogen) atoms. The molecule has 0 bridgehead atoms. The highest BCUT2D eigenvalue weighted by Gasteiger charge is 2.18. The van der Waals surface area contributed by atoms with Gasteiger partial charge in [-0.3, -0.25) is 14.4 Å². The van der Waals surface area contributed by atoms with E-state index < -0.39 is 23.0 Å². The van der Waals surface area contributed by atoms with Crippen LogP contribution in [0, 0.1) is 0 Å². The molecule has 4 rings (SSSR count). The zero-order valence-corrected chi connectivity index (χ0v) is 25.8. The van der Waals surface area contributed by atoms with E-state index >= 15 is 0 Å². The van der Waals surface area contributed by atoms with Gasteiger partial charge in [-0.15, -0.1) is 11.8 Å². The number of amides is 3. The molecular weight excluding hydrogens is 654 g/mol. The third-order valence-corrected chi connectivity index (χ3v) is 7.95. The number of carboxylic acids is 1. The maximum atomic E-state index is 13.3. The van der Waals surface area contributed by atoms with Gasteiger partial charge in [0.05, 0.1) is 21.5 Å². The molecule has 0 aromatic heterocycles. The molecule has 1 unspecified atom stereocenters. The van der Waals surface area contributed by atoms with Gasteiger partial charge < -0.3 is 21.1 Å². The van der Waals surface area contributed by atoms with Crippen molar-refractivity contribution in [1.82, 2.24) is 5.32 Å². The van der Waals surface area contributed by atoms with Gasteiger partial charge >= 0.3 is 5.97 Å². The highest BCUT2D eigenvalue weighted by molar-refractivity contribution is 9.10. The molecule has 0 heterocycles. The number of nitrogens with one attached hydrogen (secondary N) is 3. The molecule has 11 heteroatoms. The molecule has 4 aromatic carbocycles. The fourth-order valence-corrected chi connectivity index (χ4v) is 5.03. The summed E-state index contributed by atoms with van der Waals surface area (Å²) in [7, 11) is 0. The first-order valence-electron chi connectivity index (χ1n) is 12.8. The average Bonchev–Trinajstić information content (AvgIpc) is 3.00. The molecule has 0 aliphatic carbocycles. The van der Waals surface area contributed by atoms with Gasteiger partial charge in [0.2, 0.25) is 5.91 Å². The normalized spacial score (nSPS) is 11.7. The van der Waals surface area contributed by atoms with Gasteiger partial charge in [-0.1, -0.05) is 57.9 Å². The minimum Gasteiger partial charge on any atom is -0.478 e. The van der Waals surface area contributed by atoms with Crippen molar-refractivity contribution in [3.8, 4) is 0 Å². The molecule has 0 aliphatic rings. The smallest absolute Gasteiger partial charge is 0.335 e. The number of rotatable bonds is 10. The second-order valence-electron chi connectivity index (χ2n) is 9.16. The molecule has 218 valence electrons. The van der Waals surface area contributed by atoms with Gasteiger partial charge in [-0.2, -0.15) is 0 Å². The van der Waals surface area contributed by atoms with E-state index in [1.807, 2.05) is 24.3 Å². The molecule has 0 fully saturated rings. The summed E-state index contributed by atoms with van der Waals surface area (Å²) in [6.07, 6.45) is 1.59. The second kappa shape index (κ2) is 14.7. The number of thioether (sulfide) groups is 1. The molecule has 0 radical (unpaired) electrons. The van der Waals surface area contributed by atoms with Crippen molar-refractivity contribution >= 4 is 80.4 Å². The molecule has 0 saturated carbocycles. The molecule has 3 amide bonds. The van der Waals surface area contributed by atoms with Crippen LogP contribution < -0.4 is 16.0 Å². The Balaban J connectivity index is 1.43. The van der Waals surface area contributed by atoms with Crippen molar-refractivity contribution < 1.29 is 24.3 Å². The van der Waals surface area contributed by atoms with Gasteiger partial charge in [0.15, 0.2) is 0 Å². The lowest BCUT2D eigenvalue weighted by Gasteiger charge is -2.14. The number of aromatic carboxylic acids is 1. The summed E-state index contributed by atoms with van der Waals surface area (Å²) < 4.78 is 0.880. The van der Waals surface area contributed by atoms with Crippen molar-refractivity contribution in [2.24, 2.45) is 0 Å². The fraction of sp³-hybridized carbons (Fsp3) is 0.0625. The number of anilines is 2. The predicted molar refractivity (Wildman–Crippen MR) is 173 cm³/mol. The van der Waals surface area contributed by atoms with Crippen LogP contribution in [0.1, 0.15) is 33.2 Å². The van der Waals surface area contributed by atoms with Crippen molar-refractivity contribution in [2.45, 2.75) is 17.1 Å². The van der Waals surface area contributed by atoms with Crippen LogP contribution >= 0.6 is 39.3 Å². The van der Waals surface area contributed by atoms with Crippen molar-refractivity contribution in [2.75, 3.05) is 10.6 Å². The number of halogens is 2. The van der Waals surface area contributed by atoms with Crippen LogP contribution in [0.15, 0.2) is 112 Å². The van der Waals surface area contributed by atoms with Crippen LogP contribution in [0.2, 0.25) is 5.02 Å². The van der Waals surface area contributed by atoms with Crippen LogP contribution in [-0.2, 0) is 9.59 Å². The lowest BCUT2D eigenvalue weighted by atomic mass is 10.1. The van der Waals surface area contributed by atoms with E-state index in [9.17, 15) is 24.3 Å². The Bertz CT molecular complexity index is 1680. The maximum absolute atomic E-state index is 13.3. The summed E-state index contributed by atoms with van der Waals surface area (Å²) in [5, 5.41) is 17.1. The van der Waals surface area contributed by atoms with Crippen LogP contribution in [0.3, 0.4) is 0 Å². The van der Waals surface area contributed by atoms with E-state index in [0.717, 1.165) is 14.9 Å². The first-order chi connectivity index (χ1) is 20.6. The van der Waals surface area contributed by atoms with Crippen molar-refractivity contribution in [3.63, 3.8) is 0 Å². The quantitative estimate of drug-likeness (QED) is 0.103. The van der Waals surface area contributed by atoms with Crippen LogP contribution in [0.5, 0.6) is 0 Å². The summed E-state index contributed by atoms with van der Waals surface area (Å²) in [5.74, 6) is -2.42. The summed E-state index contributed by atoms with van der Waals surface area (Å²) in [6, 6.07) is 26.8. The Morgan fingerprint density at radius 2 is 1.53 bits per heavy atom. The number of carbonyl (C=O) groups is 4. The first kappa shape index (κ1) is 31.6. The van der Waals surface area contributed by atoms with E-state index in [1.54, 1.807) is 67.6 Å². The molecular formula is C32H25BrClN3O5S. The number of hydrogen-bond acceptors (Lipinski definition) is 5. The molecule has 0 saturated heterocycles. The molecule has 0 aliphatic heterocycles. The van der Waals surface area contributed by atoms with Gasteiger partial charge in [0, 0.05) is 20.6 Å². The summed E-state index contributed by atoms with van der Waals surface area (Å²) in [6.45, 7) is 1.71. The monoisotopic (exact) mass is 677 g/mol. The molecule has 4 aromatic rings. The molecule has 1 atom stereocenters. The number of hydrogen-bond donors (Lipinski definition) is 4. The third kappa shape index (κ3) is 9.05. The van der Waals surface area contributed by atoms with E-state index in [4.69, 9.17) is 11.6 Å². The van der Waals surface area contributed by atoms with E-state index in [0.29, 0.717) is 11.3 Å². The summed E-state index contributed by atoms with van der Waals surface area (Å²) >= 11 is 10.8. The standard InChI is InChI=1S/C32H25BrClN3O5S/c1-19(29(38)36-27-18-22(32(41)42)9-16-26(27)34)43-25-14-12-24(13-15-25)35-31(40)28(17-20-7-10-23(33)11-8-20)37-30(39)21-5-3-2-4-6-21/h2-19H,1H3,(H,35,40)(H,36,38)(H,37,39)(H,41,42)/b28-17-. The number of benzene rings is 4. The first-order valence-corrected chi connectivity index (χ1v) is 14.9. The molecule has 8 nitrogen and oxygen atoms in total. The van der Waals surface area contributed by atoms with Crippen LogP contribution in [-0.4, -0.2) is 34.0 Å². The van der Waals surface area contributed by atoms with Crippen LogP contribution in [0.25, 0.3) is 6.08 Å². The lowest BCUT2D eigenvalue weighted by molar-refractivity contribution is -0.115. The highest BCUT2D eigenvalue weighted by atomic mass is 79.9. The topological polar surface area (TPSA) is 125 Å². The molecule has 0 spiro atoms. The zero-order valence-electron chi connectivity index (χ0n) is 22.6. The van der Waals surface area contributed by atoms with Crippen molar-refractivity contribution in [1.29, 1.82) is 0 Å². The van der Waals surface area contributed by atoms with Gasteiger partial charge in [-0.05, 0) is 85.3 Å². The van der Waals surface area contributed by atoms with Crippen LogP contribution in [0.4, 0.5) is 11.4 Å². The summed E-state index contributed by atoms with van der Waals surface area (Å²) in [4.78, 5) is 50.9. The largest absolute Gasteiger partial charge is 0.478 e. The van der Waals surface area contributed by atoms with E-state index in [2.05, 4.69) is 31.9 Å². The van der Waals surface area contributed by atoms with Gasteiger partial charge in [0.1, 0.15) is 5.70 Å². The Kier molecular flexibility index (Phi) is 10.8. The van der Waals surface area contributed by atoms with Gasteiger partial charge in [0.25, 0.3) is 11.8 Å². The maximum Gasteiger partial charge on any atom is 0.335 e. The molecule has 4 N–H and O–H groups in total. The Morgan fingerprint density at radius 3 is 2.19 bits per heavy atom. The minimum atomic E-state index is -1.13. The third-order valence-electron chi connectivity index (χ3n) is 5.98. The SMILES string of the molecule is CC(Sc1ccc(NC(=O)/C(=C/c2ccc(Br)cc2)NC(=O)c2ccccc2)cc1)C(=O)Nc1cc(C(=O)O)ccc1Cl. The number of carboxylic acid groups (broad SMARTS) is 1. The van der Waals surface area contributed by atoms with Gasteiger partial charge in [-0.25, -0.2) is 4.79 Å². The van der Waals surface area contributed by atoms with E-state index in [1.165, 1.54) is 30.0 Å². The Morgan fingerprint density at radius 1 is 0.860 bits per heavy atom. The zero-order chi connectivity index (χ0) is 30.9.